The normalized spacial score (nSPS) is 31.4. The van der Waals surface area contributed by atoms with Crippen LogP contribution in [0.5, 0.6) is 5.75 Å². The maximum absolute atomic E-state index is 6.60. The van der Waals surface area contributed by atoms with Crippen LogP contribution >= 0.6 is 11.3 Å². The predicted octanol–water partition coefficient (Wildman–Crippen LogP) is 2.30. The largest absolute Gasteiger partial charge is 0.466 e. The fraction of sp³-hybridized carbons (Fsp3) is 0.421. The van der Waals surface area contributed by atoms with Gasteiger partial charge < -0.3 is 9.64 Å². The van der Waals surface area contributed by atoms with Crippen molar-refractivity contribution in [3.63, 3.8) is 0 Å². The number of thiophene rings is 1. The summed E-state index contributed by atoms with van der Waals surface area (Å²) < 4.78 is 6.60. The molecule has 2 aromatic rings. The van der Waals surface area contributed by atoms with Crippen molar-refractivity contribution < 1.29 is 9.64 Å². The quantitative estimate of drug-likeness (QED) is 0.863. The summed E-state index contributed by atoms with van der Waals surface area (Å²) in [4.78, 5) is 2.87. The molecule has 1 aromatic heterocycles. The SMILES string of the molecule is C[NH+]1CCC2(CC1)Oc1ccccc1[C@H]1CC(c3cccs3)=NN12. The van der Waals surface area contributed by atoms with Crippen molar-refractivity contribution in [3.8, 4) is 5.75 Å². The fourth-order valence-electron chi connectivity index (χ4n) is 4.22. The third-order valence-corrected chi connectivity index (χ3v) is 6.52. The number of quaternary nitrogens is 1. The number of rotatable bonds is 1. The summed E-state index contributed by atoms with van der Waals surface area (Å²) in [6.07, 6.45) is 3.04. The van der Waals surface area contributed by atoms with Gasteiger partial charge in [0.05, 0.1) is 49.6 Å². The van der Waals surface area contributed by atoms with Crippen LogP contribution in [-0.4, -0.2) is 36.6 Å². The number of nitrogens with one attached hydrogen (secondary N) is 1. The Morgan fingerprint density at radius 2 is 2.04 bits per heavy atom. The minimum atomic E-state index is -0.266. The van der Waals surface area contributed by atoms with Crippen LogP contribution in [0, 0.1) is 0 Å². The van der Waals surface area contributed by atoms with Crippen molar-refractivity contribution >= 4 is 17.0 Å². The van der Waals surface area contributed by atoms with Crippen LogP contribution in [0.2, 0.25) is 0 Å². The molecule has 0 amide bonds. The Morgan fingerprint density at radius 1 is 1.21 bits per heavy atom. The molecule has 3 aliphatic rings. The summed E-state index contributed by atoms with van der Waals surface area (Å²) >= 11 is 1.78. The number of ether oxygens (including phenoxy) is 1. The monoisotopic (exact) mass is 340 g/mol. The molecular formula is C19H22N3OS+. The zero-order chi connectivity index (χ0) is 16.1. The third kappa shape index (κ3) is 2.11. The zero-order valence-corrected chi connectivity index (χ0v) is 14.7. The molecule has 0 saturated carbocycles. The van der Waals surface area contributed by atoms with Gasteiger partial charge in [0.25, 0.3) is 0 Å². The van der Waals surface area contributed by atoms with Crippen LogP contribution in [-0.2, 0) is 0 Å². The standard InChI is InChI=1S/C19H21N3OS/c1-21-10-8-19(9-11-21)22-16(14-5-2-3-6-17(14)23-19)13-15(20-22)18-7-4-12-24-18/h2-7,12,16H,8-11,13H2,1H3/p+1/t16-/m1/s1. The number of benzene rings is 1. The second kappa shape index (κ2) is 5.33. The summed E-state index contributed by atoms with van der Waals surface area (Å²) in [7, 11) is 2.27. The lowest BCUT2D eigenvalue weighted by atomic mass is 9.91. The molecule has 1 N–H and O–H groups in total. The van der Waals surface area contributed by atoms with E-state index in [0.29, 0.717) is 6.04 Å². The van der Waals surface area contributed by atoms with Crippen LogP contribution in [0.25, 0.3) is 0 Å². The molecule has 1 atom stereocenters. The van der Waals surface area contributed by atoms with Crippen molar-refractivity contribution in [1.29, 1.82) is 0 Å². The highest BCUT2D eigenvalue weighted by atomic mass is 32.1. The van der Waals surface area contributed by atoms with E-state index < -0.39 is 0 Å². The van der Waals surface area contributed by atoms with Gasteiger partial charge in [-0.2, -0.15) is 5.10 Å². The number of hydrazone groups is 1. The first kappa shape index (κ1) is 14.5. The molecule has 24 heavy (non-hydrogen) atoms. The fourth-order valence-corrected chi connectivity index (χ4v) is 4.94. The Labute approximate surface area is 146 Å². The lowest BCUT2D eigenvalue weighted by molar-refractivity contribution is -0.888. The maximum Gasteiger partial charge on any atom is 0.208 e. The van der Waals surface area contributed by atoms with Crippen LogP contribution in [0.3, 0.4) is 0 Å². The Balaban J connectivity index is 1.59. The van der Waals surface area contributed by atoms with Gasteiger partial charge in [-0.05, 0) is 17.5 Å². The Kier molecular flexibility index (Phi) is 3.22. The van der Waals surface area contributed by atoms with Crippen molar-refractivity contribution in [2.45, 2.75) is 31.0 Å². The maximum atomic E-state index is 6.60. The molecule has 124 valence electrons. The molecule has 4 nitrogen and oxygen atoms in total. The van der Waals surface area contributed by atoms with Gasteiger partial charge in [-0.25, -0.2) is 5.01 Å². The summed E-state index contributed by atoms with van der Waals surface area (Å²) in [5.41, 5.74) is 2.23. The molecule has 1 saturated heterocycles. The van der Waals surface area contributed by atoms with Gasteiger partial charge >= 0.3 is 0 Å². The third-order valence-electron chi connectivity index (χ3n) is 5.60. The number of piperidine rings is 1. The van der Waals surface area contributed by atoms with Gasteiger partial charge in [0.15, 0.2) is 0 Å². The Hall–Kier alpha value is -1.85. The van der Waals surface area contributed by atoms with E-state index in [-0.39, 0.29) is 5.72 Å². The van der Waals surface area contributed by atoms with Gasteiger partial charge in [0.2, 0.25) is 5.72 Å². The zero-order valence-electron chi connectivity index (χ0n) is 13.9. The van der Waals surface area contributed by atoms with Gasteiger partial charge in [0.1, 0.15) is 5.75 Å². The van der Waals surface area contributed by atoms with Crippen LogP contribution in [0.4, 0.5) is 0 Å². The minimum absolute atomic E-state index is 0.266. The van der Waals surface area contributed by atoms with Crippen molar-refractivity contribution in [2.24, 2.45) is 5.10 Å². The first-order valence-corrected chi connectivity index (χ1v) is 9.63. The predicted molar refractivity (Wildman–Crippen MR) is 95.7 cm³/mol. The Morgan fingerprint density at radius 3 is 2.83 bits per heavy atom. The molecule has 3 aliphatic heterocycles. The summed E-state index contributed by atoms with van der Waals surface area (Å²) in [5.74, 6) is 1.06. The second-order valence-corrected chi connectivity index (χ2v) is 8.08. The van der Waals surface area contributed by atoms with Crippen LogP contribution in [0.1, 0.15) is 35.7 Å². The van der Waals surface area contributed by atoms with E-state index in [0.717, 1.165) is 38.1 Å². The van der Waals surface area contributed by atoms with Crippen molar-refractivity contribution in [3.05, 3.63) is 52.2 Å². The van der Waals surface area contributed by atoms with E-state index >= 15 is 0 Å². The number of likely N-dealkylation sites (tertiary alicyclic amines) is 1. The van der Waals surface area contributed by atoms with Crippen molar-refractivity contribution in [1.82, 2.24) is 5.01 Å². The summed E-state index contributed by atoms with van der Waals surface area (Å²) in [5, 5.41) is 9.52. The first-order chi connectivity index (χ1) is 11.8. The van der Waals surface area contributed by atoms with E-state index in [2.05, 4.69) is 53.8 Å². The van der Waals surface area contributed by atoms with E-state index in [1.54, 1.807) is 16.2 Å². The second-order valence-electron chi connectivity index (χ2n) is 7.13. The van der Waals surface area contributed by atoms with Gasteiger partial charge in [-0.3, -0.25) is 0 Å². The van der Waals surface area contributed by atoms with E-state index in [1.807, 2.05) is 0 Å². The van der Waals surface area contributed by atoms with Crippen molar-refractivity contribution in [2.75, 3.05) is 20.1 Å². The average Bonchev–Trinajstić information content (AvgIpc) is 3.27. The number of nitrogens with zero attached hydrogens (tertiary/aromatic N) is 2. The number of hydrogen-bond donors (Lipinski definition) is 1. The summed E-state index contributed by atoms with van der Waals surface area (Å²) in [6.45, 7) is 2.27. The highest BCUT2D eigenvalue weighted by Crippen LogP contribution is 2.49. The van der Waals surface area contributed by atoms with Gasteiger partial charge in [0, 0.05) is 12.0 Å². The Bertz CT molecular complexity index is 778. The van der Waals surface area contributed by atoms with E-state index in [9.17, 15) is 0 Å². The molecule has 0 bridgehead atoms. The topological polar surface area (TPSA) is 29.3 Å². The van der Waals surface area contributed by atoms with Gasteiger partial charge in [-0.15, -0.1) is 11.3 Å². The smallest absolute Gasteiger partial charge is 0.208 e. The lowest BCUT2D eigenvalue weighted by Crippen LogP contribution is -3.11. The highest BCUT2D eigenvalue weighted by Gasteiger charge is 2.52. The highest BCUT2D eigenvalue weighted by molar-refractivity contribution is 7.12. The molecule has 5 heteroatoms. The molecule has 0 radical (unpaired) electrons. The van der Waals surface area contributed by atoms with E-state index in [1.165, 1.54) is 16.2 Å². The number of para-hydroxylation sites is 1. The lowest BCUT2D eigenvalue weighted by Gasteiger charge is -2.49. The molecule has 4 heterocycles. The molecule has 5 rings (SSSR count). The molecule has 1 fully saturated rings. The average molecular weight is 340 g/mol. The minimum Gasteiger partial charge on any atom is -0.466 e. The first-order valence-electron chi connectivity index (χ1n) is 8.75. The molecule has 1 spiro atoms. The van der Waals surface area contributed by atoms with E-state index in [4.69, 9.17) is 9.84 Å². The van der Waals surface area contributed by atoms with Crippen LogP contribution < -0.4 is 9.64 Å². The molecule has 1 aromatic carbocycles. The van der Waals surface area contributed by atoms with Gasteiger partial charge in [-0.1, -0.05) is 24.3 Å². The number of hydrogen-bond acceptors (Lipinski definition) is 4. The molecule has 0 aliphatic carbocycles. The molecular weight excluding hydrogens is 318 g/mol. The molecule has 0 unspecified atom stereocenters. The van der Waals surface area contributed by atoms with Crippen LogP contribution in [0.15, 0.2) is 46.9 Å². The summed E-state index contributed by atoms with van der Waals surface area (Å²) in [6, 6.07) is 13.1. The number of fused-ring (bicyclic) bond motifs is 4.